The number of hydrogen-bond donors (Lipinski definition) is 1. The number of rotatable bonds is 3. The lowest BCUT2D eigenvalue weighted by Gasteiger charge is -2.40. The summed E-state index contributed by atoms with van der Waals surface area (Å²) >= 11 is 0. The lowest BCUT2D eigenvalue weighted by atomic mass is 9.80. The van der Waals surface area contributed by atoms with Crippen LogP contribution >= 0.6 is 0 Å². The van der Waals surface area contributed by atoms with E-state index in [9.17, 15) is 14.7 Å². The van der Waals surface area contributed by atoms with E-state index < -0.39 is 11.4 Å². The number of piperidine rings is 1. The number of carbonyl (C=O) groups is 2. The predicted molar refractivity (Wildman–Crippen MR) is 82.8 cm³/mol. The van der Waals surface area contributed by atoms with Crippen molar-refractivity contribution < 1.29 is 19.4 Å². The number of nitrogens with zero attached hydrogens (tertiary/aromatic N) is 2. The van der Waals surface area contributed by atoms with Gasteiger partial charge in [0.1, 0.15) is 0 Å². The molecule has 0 saturated carbocycles. The van der Waals surface area contributed by atoms with Gasteiger partial charge in [-0.15, -0.1) is 0 Å². The van der Waals surface area contributed by atoms with Crippen molar-refractivity contribution in [2.75, 3.05) is 32.8 Å². The molecule has 1 unspecified atom stereocenters. The molecule has 2 heterocycles. The third kappa shape index (κ3) is 3.91. The number of carboxylic acid groups (broad SMARTS) is 1. The molecule has 0 spiro atoms. The van der Waals surface area contributed by atoms with Crippen molar-refractivity contribution in [3.63, 3.8) is 0 Å². The van der Waals surface area contributed by atoms with Crippen LogP contribution in [0.1, 0.15) is 46.0 Å². The van der Waals surface area contributed by atoms with Crippen molar-refractivity contribution in [3.05, 3.63) is 0 Å². The molecule has 6 heteroatoms. The molecule has 1 atom stereocenters. The second-order valence-corrected chi connectivity index (χ2v) is 6.67. The minimum Gasteiger partial charge on any atom is -0.481 e. The van der Waals surface area contributed by atoms with Gasteiger partial charge in [-0.3, -0.25) is 4.79 Å². The summed E-state index contributed by atoms with van der Waals surface area (Å²) in [6.45, 7) is 7.26. The highest BCUT2D eigenvalue weighted by Gasteiger charge is 2.38. The van der Waals surface area contributed by atoms with E-state index in [-0.39, 0.29) is 6.09 Å². The highest BCUT2D eigenvalue weighted by atomic mass is 16.6. The first kappa shape index (κ1) is 17.1. The molecule has 2 saturated heterocycles. The van der Waals surface area contributed by atoms with Crippen LogP contribution in [-0.2, 0) is 9.53 Å². The number of carbonyl (C=O) groups excluding carboxylic acids is 1. The van der Waals surface area contributed by atoms with Gasteiger partial charge in [0.05, 0.1) is 12.0 Å². The van der Waals surface area contributed by atoms with Gasteiger partial charge in [0.15, 0.2) is 0 Å². The summed E-state index contributed by atoms with van der Waals surface area (Å²) in [6.07, 6.45) is 4.21. The van der Waals surface area contributed by atoms with Crippen LogP contribution in [0.2, 0.25) is 0 Å². The summed E-state index contributed by atoms with van der Waals surface area (Å²) in [5.74, 6) is -0.679. The van der Waals surface area contributed by atoms with Gasteiger partial charge in [-0.05, 0) is 59.0 Å². The minimum atomic E-state index is -0.679. The third-order valence-corrected chi connectivity index (χ3v) is 5.16. The molecule has 22 heavy (non-hydrogen) atoms. The van der Waals surface area contributed by atoms with Crippen LogP contribution in [0.5, 0.6) is 0 Å². The molecule has 2 rings (SSSR count). The largest absolute Gasteiger partial charge is 0.481 e. The fraction of sp³-hybridized carbons (Fsp3) is 0.875. The van der Waals surface area contributed by atoms with Gasteiger partial charge in [-0.2, -0.15) is 0 Å². The lowest BCUT2D eigenvalue weighted by Crippen LogP contribution is -2.47. The van der Waals surface area contributed by atoms with E-state index in [0.29, 0.717) is 25.5 Å². The number of hydrogen-bond acceptors (Lipinski definition) is 4. The molecule has 2 aliphatic heterocycles. The molecule has 0 radical (unpaired) electrons. The highest BCUT2D eigenvalue weighted by Crippen LogP contribution is 2.33. The maximum absolute atomic E-state index is 11.8. The summed E-state index contributed by atoms with van der Waals surface area (Å²) in [4.78, 5) is 27.4. The van der Waals surface area contributed by atoms with E-state index in [4.69, 9.17) is 4.74 Å². The smallest absolute Gasteiger partial charge is 0.409 e. The normalized spacial score (nSPS) is 26.3. The monoisotopic (exact) mass is 312 g/mol. The summed E-state index contributed by atoms with van der Waals surface area (Å²) in [5, 5.41) is 9.31. The van der Waals surface area contributed by atoms with E-state index in [1.165, 1.54) is 0 Å². The first-order valence-electron chi connectivity index (χ1n) is 8.35. The zero-order valence-electron chi connectivity index (χ0n) is 13.7. The molecule has 0 aromatic rings. The second kappa shape index (κ2) is 7.31. The van der Waals surface area contributed by atoms with Crippen molar-refractivity contribution in [1.29, 1.82) is 0 Å². The molecule has 126 valence electrons. The lowest BCUT2D eigenvalue weighted by molar-refractivity contribution is -0.151. The second-order valence-electron chi connectivity index (χ2n) is 6.67. The molecule has 6 nitrogen and oxygen atoms in total. The molecule has 0 aliphatic carbocycles. The summed E-state index contributed by atoms with van der Waals surface area (Å²) in [7, 11) is 0. The molecule has 0 aromatic heterocycles. The SMILES string of the molecule is CCOC(=O)N1CCCC(N2CCC(C)(C(=O)O)CC2)CC1. The molecule has 1 amide bonds. The maximum atomic E-state index is 11.8. The molecule has 2 aliphatic rings. The van der Waals surface area contributed by atoms with E-state index in [0.717, 1.165) is 45.4 Å². The fourth-order valence-electron chi connectivity index (χ4n) is 3.44. The van der Waals surface area contributed by atoms with E-state index >= 15 is 0 Å². The zero-order valence-corrected chi connectivity index (χ0v) is 13.7. The van der Waals surface area contributed by atoms with Gasteiger partial charge in [-0.25, -0.2) is 4.79 Å². The van der Waals surface area contributed by atoms with Crippen molar-refractivity contribution in [2.45, 2.75) is 52.0 Å². The molecule has 1 N–H and O–H groups in total. The first-order valence-corrected chi connectivity index (χ1v) is 8.35. The summed E-state index contributed by atoms with van der Waals surface area (Å²) in [5.41, 5.74) is -0.571. The van der Waals surface area contributed by atoms with Gasteiger partial charge in [0.25, 0.3) is 0 Å². The average Bonchev–Trinajstić information content (AvgIpc) is 2.74. The highest BCUT2D eigenvalue weighted by molar-refractivity contribution is 5.74. The Morgan fingerprint density at radius 2 is 1.86 bits per heavy atom. The number of amides is 1. The Morgan fingerprint density at radius 3 is 2.45 bits per heavy atom. The first-order chi connectivity index (χ1) is 10.5. The maximum Gasteiger partial charge on any atom is 0.409 e. The number of likely N-dealkylation sites (tertiary alicyclic amines) is 2. The Kier molecular flexibility index (Phi) is 5.67. The average molecular weight is 312 g/mol. The molecular formula is C16H28N2O4. The van der Waals surface area contributed by atoms with Crippen LogP contribution in [0.15, 0.2) is 0 Å². The van der Waals surface area contributed by atoms with E-state index in [1.54, 1.807) is 4.90 Å². The fourth-order valence-corrected chi connectivity index (χ4v) is 3.44. The Hall–Kier alpha value is -1.30. The molecule has 0 aromatic carbocycles. The van der Waals surface area contributed by atoms with Crippen LogP contribution < -0.4 is 0 Å². The Labute approximate surface area is 132 Å². The standard InChI is InChI=1S/C16H28N2O4/c1-3-22-15(21)18-9-4-5-13(6-10-18)17-11-7-16(2,8-12-17)14(19)20/h13H,3-12H2,1-2H3,(H,19,20). The van der Waals surface area contributed by atoms with Crippen LogP contribution in [0.25, 0.3) is 0 Å². The molecule has 2 fully saturated rings. The topological polar surface area (TPSA) is 70.1 Å². The van der Waals surface area contributed by atoms with Crippen LogP contribution in [0, 0.1) is 5.41 Å². The quantitative estimate of drug-likeness (QED) is 0.865. The van der Waals surface area contributed by atoms with Crippen molar-refractivity contribution in [2.24, 2.45) is 5.41 Å². The Morgan fingerprint density at radius 1 is 1.18 bits per heavy atom. The molecular weight excluding hydrogens is 284 g/mol. The van der Waals surface area contributed by atoms with E-state index in [1.807, 2.05) is 13.8 Å². The third-order valence-electron chi connectivity index (χ3n) is 5.16. The van der Waals surface area contributed by atoms with Crippen molar-refractivity contribution in [1.82, 2.24) is 9.80 Å². The van der Waals surface area contributed by atoms with Gasteiger partial charge in [-0.1, -0.05) is 0 Å². The van der Waals surface area contributed by atoms with Crippen molar-refractivity contribution >= 4 is 12.1 Å². The predicted octanol–water partition coefficient (Wildman–Crippen LogP) is 2.18. The van der Waals surface area contributed by atoms with Crippen LogP contribution in [-0.4, -0.2) is 65.8 Å². The number of carboxylic acids is 1. The number of ether oxygens (including phenoxy) is 1. The van der Waals surface area contributed by atoms with E-state index in [2.05, 4.69) is 4.90 Å². The Balaban J connectivity index is 1.85. The van der Waals surface area contributed by atoms with Crippen molar-refractivity contribution in [3.8, 4) is 0 Å². The van der Waals surface area contributed by atoms with Gasteiger partial charge >= 0.3 is 12.1 Å². The number of aliphatic carboxylic acids is 1. The molecule has 0 bridgehead atoms. The summed E-state index contributed by atoms with van der Waals surface area (Å²) < 4.78 is 5.08. The zero-order chi connectivity index (χ0) is 16.2. The minimum absolute atomic E-state index is 0.208. The Bertz CT molecular complexity index is 405. The van der Waals surface area contributed by atoms with Gasteiger partial charge in [0.2, 0.25) is 0 Å². The van der Waals surface area contributed by atoms with Crippen LogP contribution in [0.4, 0.5) is 4.79 Å². The van der Waals surface area contributed by atoms with Gasteiger partial charge in [0, 0.05) is 19.1 Å². The van der Waals surface area contributed by atoms with Gasteiger partial charge < -0.3 is 19.6 Å². The summed E-state index contributed by atoms with van der Waals surface area (Å²) in [6, 6.07) is 0.456. The van der Waals surface area contributed by atoms with Crippen LogP contribution in [0.3, 0.4) is 0 Å².